The molecule has 0 aliphatic rings. The molecular weight excluding hydrogens is 456 g/mol. The quantitative estimate of drug-likeness (QED) is 0.245. The summed E-state index contributed by atoms with van der Waals surface area (Å²) in [5.74, 6) is 1.29. The van der Waals surface area contributed by atoms with E-state index in [1.807, 2.05) is 6.92 Å². The lowest BCUT2D eigenvalue weighted by Gasteiger charge is -2.12. The van der Waals surface area contributed by atoms with E-state index in [-0.39, 0.29) is 17.4 Å². The standard InChI is InChI=1S/C24H22N4O5S/c1-3-21(30)25-16-10-9-15(13-20(16)31-4-2)17(29)14-34-24-26-22(18-7-5-11-32-18)23(27-28-24)19-8-6-12-33-19/h5-13H,3-4,14H2,1-2H3,(H,25,30). The van der Waals surface area contributed by atoms with Crippen molar-refractivity contribution in [3.63, 3.8) is 0 Å². The van der Waals surface area contributed by atoms with Crippen LogP contribution in [-0.2, 0) is 4.79 Å². The molecule has 0 aliphatic carbocycles. The maximum atomic E-state index is 12.9. The third-order valence-electron chi connectivity index (χ3n) is 4.71. The first-order valence-corrected chi connectivity index (χ1v) is 11.6. The highest BCUT2D eigenvalue weighted by atomic mass is 32.2. The Morgan fingerprint density at radius 1 is 1.00 bits per heavy atom. The van der Waals surface area contributed by atoms with Crippen LogP contribution in [-0.4, -0.2) is 39.2 Å². The second-order valence-corrected chi connectivity index (χ2v) is 7.95. The maximum absolute atomic E-state index is 12.9. The first-order chi connectivity index (χ1) is 16.6. The van der Waals surface area contributed by atoms with E-state index in [1.165, 1.54) is 0 Å². The van der Waals surface area contributed by atoms with Crippen molar-refractivity contribution >= 4 is 29.1 Å². The van der Waals surface area contributed by atoms with Crippen LogP contribution in [0, 0.1) is 0 Å². The Balaban J connectivity index is 1.52. The average Bonchev–Trinajstić information content (AvgIpc) is 3.58. The number of amides is 1. The van der Waals surface area contributed by atoms with Gasteiger partial charge in [0.05, 0.1) is 30.6 Å². The summed E-state index contributed by atoms with van der Waals surface area (Å²) in [6.45, 7) is 4.00. The number of nitrogens with one attached hydrogen (secondary N) is 1. The molecule has 0 saturated carbocycles. The van der Waals surface area contributed by atoms with E-state index in [2.05, 4.69) is 20.5 Å². The molecule has 0 atom stereocenters. The minimum absolute atomic E-state index is 0.0889. The number of carbonyl (C=O) groups excluding carboxylic acids is 2. The van der Waals surface area contributed by atoms with Gasteiger partial charge < -0.3 is 18.9 Å². The normalized spacial score (nSPS) is 10.8. The molecule has 0 spiro atoms. The Morgan fingerprint density at radius 3 is 2.38 bits per heavy atom. The molecule has 0 unspecified atom stereocenters. The van der Waals surface area contributed by atoms with Gasteiger partial charge in [-0.25, -0.2) is 4.98 Å². The predicted molar refractivity (Wildman–Crippen MR) is 127 cm³/mol. The van der Waals surface area contributed by atoms with Crippen LogP contribution in [0.1, 0.15) is 30.6 Å². The van der Waals surface area contributed by atoms with Crippen LogP contribution in [0.3, 0.4) is 0 Å². The summed E-state index contributed by atoms with van der Waals surface area (Å²) in [4.78, 5) is 29.2. The lowest BCUT2D eigenvalue weighted by atomic mass is 10.1. The molecule has 1 aromatic carbocycles. The number of furan rings is 2. The van der Waals surface area contributed by atoms with Crippen molar-refractivity contribution in [2.45, 2.75) is 25.4 Å². The van der Waals surface area contributed by atoms with Crippen molar-refractivity contribution in [3.8, 4) is 28.7 Å². The van der Waals surface area contributed by atoms with Gasteiger partial charge in [-0.3, -0.25) is 9.59 Å². The number of Topliss-reactive ketones (excluding diaryl/α,β-unsaturated/α-hetero) is 1. The molecule has 3 heterocycles. The number of ketones is 1. The molecule has 3 aromatic heterocycles. The number of hydrogen-bond donors (Lipinski definition) is 1. The largest absolute Gasteiger partial charge is 0.492 e. The molecule has 1 N–H and O–H groups in total. The molecule has 9 nitrogen and oxygen atoms in total. The first kappa shape index (κ1) is 23.2. The van der Waals surface area contributed by atoms with Gasteiger partial charge in [-0.15, -0.1) is 10.2 Å². The van der Waals surface area contributed by atoms with Crippen molar-refractivity contribution in [2.24, 2.45) is 0 Å². The van der Waals surface area contributed by atoms with Crippen LogP contribution < -0.4 is 10.1 Å². The molecule has 0 aliphatic heterocycles. The van der Waals surface area contributed by atoms with Gasteiger partial charge in [-0.1, -0.05) is 18.7 Å². The van der Waals surface area contributed by atoms with Crippen LogP contribution in [0.15, 0.2) is 69.0 Å². The van der Waals surface area contributed by atoms with Gasteiger partial charge in [0, 0.05) is 12.0 Å². The molecule has 0 bridgehead atoms. The summed E-state index contributed by atoms with van der Waals surface area (Å²) < 4.78 is 16.6. The highest BCUT2D eigenvalue weighted by Gasteiger charge is 2.19. The number of benzene rings is 1. The molecule has 0 fully saturated rings. The Morgan fingerprint density at radius 2 is 1.74 bits per heavy atom. The van der Waals surface area contributed by atoms with Crippen LogP contribution >= 0.6 is 11.8 Å². The minimum atomic E-state index is -0.141. The molecule has 10 heteroatoms. The Bertz CT molecular complexity index is 1270. The fourth-order valence-corrected chi connectivity index (χ4v) is 3.74. The van der Waals surface area contributed by atoms with Crippen LogP contribution in [0.4, 0.5) is 5.69 Å². The van der Waals surface area contributed by atoms with Gasteiger partial charge >= 0.3 is 0 Å². The summed E-state index contributed by atoms with van der Waals surface area (Å²) in [5, 5.41) is 11.5. The number of thioether (sulfide) groups is 1. The SMILES string of the molecule is CCOc1cc(C(=O)CSc2nnc(-c3ccco3)c(-c3ccco3)n2)ccc1NC(=O)CC. The van der Waals surface area contributed by atoms with E-state index in [1.54, 1.807) is 61.9 Å². The second-order valence-electron chi connectivity index (χ2n) is 7.00. The Labute approximate surface area is 199 Å². The van der Waals surface area contributed by atoms with Gasteiger partial charge in [0.25, 0.3) is 0 Å². The van der Waals surface area contributed by atoms with Crippen LogP contribution in [0.5, 0.6) is 5.75 Å². The summed E-state index contributed by atoms with van der Waals surface area (Å²) >= 11 is 1.16. The number of anilines is 1. The van der Waals surface area contributed by atoms with E-state index in [4.69, 9.17) is 13.6 Å². The van der Waals surface area contributed by atoms with E-state index >= 15 is 0 Å². The highest BCUT2D eigenvalue weighted by Crippen LogP contribution is 2.31. The number of ether oxygens (including phenoxy) is 1. The number of nitrogens with zero attached hydrogens (tertiary/aromatic N) is 3. The van der Waals surface area contributed by atoms with Gasteiger partial charge in [-0.2, -0.15) is 0 Å². The summed E-state index contributed by atoms with van der Waals surface area (Å²) in [5.41, 5.74) is 1.90. The third kappa shape index (κ3) is 5.34. The molecule has 4 rings (SSSR count). The van der Waals surface area contributed by atoms with Crippen molar-refractivity contribution in [1.29, 1.82) is 0 Å². The number of hydrogen-bond acceptors (Lipinski definition) is 9. The van der Waals surface area contributed by atoms with E-state index in [0.717, 1.165) is 11.8 Å². The second kappa shape index (κ2) is 10.8. The molecule has 0 radical (unpaired) electrons. The van der Waals surface area contributed by atoms with Crippen LogP contribution in [0.25, 0.3) is 22.9 Å². The fourth-order valence-electron chi connectivity index (χ4n) is 3.06. The highest BCUT2D eigenvalue weighted by molar-refractivity contribution is 7.99. The summed E-state index contributed by atoms with van der Waals surface area (Å²) in [6, 6.07) is 12.0. The van der Waals surface area contributed by atoms with Crippen molar-refractivity contribution in [3.05, 3.63) is 60.6 Å². The Kier molecular flexibility index (Phi) is 7.38. The topological polar surface area (TPSA) is 120 Å². The summed E-state index contributed by atoms with van der Waals surface area (Å²) in [7, 11) is 0. The molecule has 174 valence electrons. The summed E-state index contributed by atoms with van der Waals surface area (Å²) in [6.07, 6.45) is 3.43. The maximum Gasteiger partial charge on any atom is 0.224 e. The lowest BCUT2D eigenvalue weighted by Crippen LogP contribution is -2.12. The molecule has 0 saturated heterocycles. The molecule has 34 heavy (non-hydrogen) atoms. The third-order valence-corrected chi connectivity index (χ3v) is 5.55. The number of rotatable bonds is 10. The van der Waals surface area contributed by atoms with E-state index < -0.39 is 0 Å². The van der Waals surface area contributed by atoms with E-state index in [0.29, 0.717) is 58.1 Å². The molecule has 4 aromatic rings. The minimum Gasteiger partial charge on any atom is -0.492 e. The first-order valence-electron chi connectivity index (χ1n) is 10.6. The van der Waals surface area contributed by atoms with Gasteiger partial charge in [-0.05, 0) is 49.4 Å². The van der Waals surface area contributed by atoms with E-state index in [9.17, 15) is 9.59 Å². The predicted octanol–water partition coefficient (Wildman–Crippen LogP) is 5.11. The van der Waals surface area contributed by atoms with Crippen molar-refractivity contribution in [2.75, 3.05) is 17.7 Å². The lowest BCUT2D eigenvalue weighted by molar-refractivity contribution is -0.115. The van der Waals surface area contributed by atoms with Gasteiger partial charge in [0.2, 0.25) is 11.1 Å². The average molecular weight is 479 g/mol. The molecule has 1 amide bonds. The van der Waals surface area contributed by atoms with Gasteiger partial charge in [0.15, 0.2) is 23.0 Å². The Hall–Kier alpha value is -3.92. The van der Waals surface area contributed by atoms with Crippen molar-refractivity contribution in [1.82, 2.24) is 15.2 Å². The number of aromatic nitrogens is 3. The smallest absolute Gasteiger partial charge is 0.224 e. The van der Waals surface area contributed by atoms with Crippen LogP contribution in [0.2, 0.25) is 0 Å². The zero-order valence-corrected chi connectivity index (χ0v) is 19.4. The molecular formula is C24H22N4O5S. The van der Waals surface area contributed by atoms with Crippen molar-refractivity contribution < 1.29 is 23.2 Å². The number of carbonyl (C=O) groups is 2. The fraction of sp³-hybridized carbons (Fsp3) is 0.208. The zero-order valence-electron chi connectivity index (χ0n) is 18.6. The monoisotopic (exact) mass is 478 g/mol. The van der Waals surface area contributed by atoms with Gasteiger partial charge in [0.1, 0.15) is 11.4 Å². The zero-order chi connectivity index (χ0) is 23.9.